The number of aromatic nitrogens is 1. The monoisotopic (exact) mass is 352 g/mol. The molecule has 0 aliphatic heterocycles. The zero-order valence-corrected chi connectivity index (χ0v) is 13.5. The number of anilines is 1. The summed E-state index contributed by atoms with van der Waals surface area (Å²) in [4.78, 5) is 24.0. The second-order valence-corrected chi connectivity index (χ2v) is 6.43. The molecule has 0 aliphatic carbocycles. The van der Waals surface area contributed by atoms with Crippen LogP contribution in [0, 0.1) is 0 Å². The van der Waals surface area contributed by atoms with Gasteiger partial charge >= 0.3 is 4.87 Å². The van der Waals surface area contributed by atoms with Gasteiger partial charge in [0.2, 0.25) is 5.91 Å². The largest absolute Gasteiger partial charge is 0.323 e. The lowest BCUT2D eigenvalue weighted by atomic mass is 10.3. The summed E-state index contributed by atoms with van der Waals surface area (Å²) in [5, 5.41) is 3.52. The third kappa shape index (κ3) is 3.02. The van der Waals surface area contributed by atoms with Crippen LogP contribution in [0.15, 0.2) is 47.3 Å². The van der Waals surface area contributed by atoms with E-state index in [1.54, 1.807) is 18.2 Å². The Bertz CT molecular complexity index is 917. The van der Waals surface area contributed by atoms with Crippen molar-refractivity contribution in [2.75, 3.05) is 5.32 Å². The van der Waals surface area contributed by atoms with Crippen molar-refractivity contribution in [2.45, 2.75) is 6.54 Å². The highest BCUT2D eigenvalue weighted by atomic mass is 35.5. The first-order valence-corrected chi connectivity index (χ1v) is 7.95. The van der Waals surface area contributed by atoms with Crippen LogP contribution in [0.1, 0.15) is 0 Å². The lowest BCUT2D eigenvalue weighted by Crippen LogP contribution is -2.24. The van der Waals surface area contributed by atoms with Crippen molar-refractivity contribution in [3.8, 4) is 0 Å². The summed E-state index contributed by atoms with van der Waals surface area (Å²) < 4.78 is 2.30. The number of hydrogen-bond acceptors (Lipinski definition) is 3. The molecule has 4 nitrogen and oxygen atoms in total. The Morgan fingerprint density at radius 3 is 2.73 bits per heavy atom. The number of amides is 1. The fourth-order valence-electron chi connectivity index (χ4n) is 2.09. The van der Waals surface area contributed by atoms with Gasteiger partial charge < -0.3 is 5.32 Å². The summed E-state index contributed by atoms with van der Waals surface area (Å²) in [7, 11) is 0. The predicted molar refractivity (Wildman–Crippen MR) is 91.2 cm³/mol. The molecule has 0 atom stereocenters. The number of nitrogens with zero attached hydrogens (tertiary/aromatic N) is 1. The molecule has 0 unspecified atom stereocenters. The SMILES string of the molecule is O=C(Cn1c(=O)sc2ccccc21)Nc1ccc(Cl)cc1Cl. The Morgan fingerprint density at radius 2 is 1.95 bits per heavy atom. The van der Waals surface area contributed by atoms with Crippen molar-refractivity contribution >= 4 is 56.3 Å². The van der Waals surface area contributed by atoms with Crippen molar-refractivity contribution in [3.05, 3.63) is 62.2 Å². The van der Waals surface area contributed by atoms with Crippen molar-refractivity contribution in [3.63, 3.8) is 0 Å². The van der Waals surface area contributed by atoms with Crippen molar-refractivity contribution in [1.29, 1.82) is 0 Å². The molecule has 1 aromatic heterocycles. The molecule has 1 N–H and O–H groups in total. The van der Waals surface area contributed by atoms with Crippen LogP contribution in [0.25, 0.3) is 10.2 Å². The summed E-state index contributed by atoms with van der Waals surface area (Å²) >= 11 is 12.9. The van der Waals surface area contributed by atoms with E-state index in [9.17, 15) is 9.59 Å². The Balaban J connectivity index is 1.84. The minimum absolute atomic E-state index is 0.0677. The minimum Gasteiger partial charge on any atom is -0.323 e. The number of para-hydroxylation sites is 1. The number of nitrogens with one attached hydrogen (secondary N) is 1. The molecule has 0 saturated carbocycles. The molecule has 0 fully saturated rings. The van der Waals surface area contributed by atoms with Gasteiger partial charge in [-0.3, -0.25) is 14.2 Å². The quantitative estimate of drug-likeness (QED) is 0.774. The first kappa shape index (κ1) is 15.1. The first-order valence-electron chi connectivity index (χ1n) is 6.38. The highest BCUT2D eigenvalue weighted by Gasteiger charge is 2.12. The number of carbonyl (C=O) groups is 1. The van der Waals surface area contributed by atoms with E-state index in [4.69, 9.17) is 23.2 Å². The summed E-state index contributed by atoms with van der Waals surface area (Å²) in [6, 6.07) is 12.2. The Hall–Kier alpha value is -1.82. The maximum Gasteiger partial charge on any atom is 0.308 e. The Kier molecular flexibility index (Phi) is 4.20. The molecule has 22 heavy (non-hydrogen) atoms. The zero-order chi connectivity index (χ0) is 15.7. The molecule has 0 spiro atoms. The molecule has 112 valence electrons. The van der Waals surface area contributed by atoms with Crippen molar-refractivity contribution < 1.29 is 4.79 Å². The number of halogens is 2. The lowest BCUT2D eigenvalue weighted by molar-refractivity contribution is -0.116. The van der Waals surface area contributed by atoms with Crippen molar-refractivity contribution in [2.24, 2.45) is 0 Å². The van der Waals surface area contributed by atoms with Gasteiger partial charge in [0.05, 0.1) is 20.9 Å². The number of thiazole rings is 1. The predicted octanol–water partition coefficient (Wildman–Crippen LogP) is 4.01. The molecular weight excluding hydrogens is 343 g/mol. The smallest absolute Gasteiger partial charge is 0.308 e. The second kappa shape index (κ2) is 6.12. The number of rotatable bonds is 3. The highest BCUT2D eigenvalue weighted by Crippen LogP contribution is 2.25. The summed E-state index contributed by atoms with van der Waals surface area (Å²) in [5.41, 5.74) is 1.21. The molecule has 1 heterocycles. The van der Waals surface area contributed by atoms with Crippen LogP contribution in [-0.4, -0.2) is 10.5 Å². The number of hydrogen-bond donors (Lipinski definition) is 1. The van der Waals surface area contributed by atoms with Crippen LogP contribution < -0.4 is 10.2 Å². The molecule has 2 aromatic carbocycles. The summed E-state index contributed by atoms with van der Waals surface area (Å²) in [6.45, 7) is -0.0677. The van der Waals surface area contributed by atoms with E-state index in [-0.39, 0.29) is 17.3 Å². The van der Waals surface area contributed by atoms with E-state index in [2.05, 4.69) is 5.32 Å². The normalized spacial score (nSPS) is 10.8. The van der Waals surface area contributed by atoms with E-state index < -0.39 is 0 Å². The molecule has 1 amide bonds. The molecule has 0 radical (unpaired) electrons. The molecule has 0 aliphatic rings. The van der Waals surface area contributed by atoms with E-state index in [0.717, 1.165) is 21.6 Å². The molecule has 0 bridgehead atoms. The topological polar surface area (TPSA) is 51.1 Å². The first-order chi connectivity index (χ1) is 10.5. The van der Waals surface area contributed by atoms with E-state index >= 15 is 0 Å². The van der Waals surface area contributed by atoms with Crippen molar-refractivity contribution in [1.82, 2.24) is 4.57 Å². The Labute approximate surface area is 139 Å². The maximum atomic E-state index is 12.2. The van der Waals surface area contributed by atoms with Gasteiger partial charge in [-0.2, -0.15) is 0 Å². The van der Waals surface area contributed by atoms with E-state index in [0.29, 0.717) is 15.7 Å². The average molecular weight is 353 g/mol. The molecule has 3 rings (SSSR count). The third-order valence-electron chi connectivity index (χ3n) is 3.08. The van der Waals surface area contributed by atoms with E-state index in [1.165, 1.54) is 4.57 Å². The molecule has 0 saturated heterocycles. The van der Waals surface area contributed by atoms with E-state index in [1.807, 2.05) is 24.3 Å². The standard InChI is InChI=1S/C15H10Cl2N2O2S/c16-9-5-6-11(10(17)7-9)18-14(20)8-19-12-3-1-2-4-13(12)22-15(19)21/h1-7H,8H2,(H,18,20). The molecule has 7 heteroatoms. The van der Waals surface area contributed by atoms with Crippen LogP contribution in [0.3, 0.4) is 0 Å². The van der Waals surface area contributed by atoms with Gasteiger partial charge in [0.15, 0.2) is 0 Å². The van der Waals surface area contributed by atoms with Gasteiger partial charge in [0.1, 0.15) is 6.54 Å². The fourth-order valence-corrected chi connectivity index (χ4v) is 3.43. The maximum absolute atomic E-state index is 12.2. The molecular formula is C15H10Cl2N2O2S. The van der Waals surface area contributed by atoms with Crippen LogP contribution in [0.4, 0.5) is 5.69 Å². The van der Waals surface area contributed by atoms with Crippen LogP contribution in [0.2, 0.25) is 10.0 Å². The molecule has 3 aromatic rings. The zero-order valence-electron chi connectivity index (χ0n) is 11.2. The second-order valence-electron chi connectivity index (χ2n) is 4.59. The minimum atomic E-state index is -0.324. The number of fused-ring (bicyclic) bond motifs is 1. The van der Waals surface area contributed by atoms with Crippen LogP contribution >= 0.6 is 34.5 Å². The Morgan fingerprint density at radius 1 is 1.18 bits per heavy atom. The number of carbonyl (C=O) groups excluding carboxylic acids is 1. The average Bonchev–Trinajstić information content (AvgIpc) is 2.78. The van der Waals surface area contributed by atoms with Crippen LogP contribution in [0.5, 0.6) is 0 Å². The lowest BCUT2D eigenvalue weighted by Gasteiger charge is -2.08. The number of benzene rings is 2. The highest BCUT2D eigenvalue weighted by molar-refractivity contribution is 7.16. The van der Waals surface area contributed by atoms with Gasteiger partial charge in [-0.1, -0.05) is 46.7 Å². The van der Waals surface area contributed by atoms with Gasteiger partial charge in [-0.05, 0) is 30.3 Å². The van der Waals surface area contributed by atoms with Gasteiger partial charge in [-0.25, -0.2) is 0 Å². The van der Waals surface area contributed by atoms with Gasteiger partial charge in [0, 0.05) is 5.02 Å². The third-order valence-corrected chi connectivity index (χ3v) is 4.59. The van der Waals surface area contributed by atoms with Gasteiger partial charge in [-0.15, -0.1) is 0 Å². The fraction of sp³-hybridized carbons (Fsp3) is 0.0667. The van der Waals surface area contributed by atoms with Gasteiger partial charge in [0.25, 0.3) is 0 Å². The van der Waals surface area contributed by atoms with Crippen LogP contribution in [-0.2, 0) is 11.3 Å². The summed E-state index contributed by atoms with van der Waals surface area (Å²) in [6.07, 6.45) is 0. The summed E-state index contributed by atoms with van der Waals surface area (Å²) in [5.74, 6) is -0.324.